The highest BCUT2D eigenvalue weighted by molar-refractivity contribution is 5.79. The Kier molecular flexibility index (Phi) is 9.03. The van der Waals surface area contributed by atoms with Crippen LogP contribution in [0.4, 0.5) is 13.2 Å². The summed E-state index contributed by atoms with van der Waals surface area (Å²) in [5.74, 6) is 1.24. The van der Waals surface area contributed by atoms with E-state index in [0.717, 1.165) is 45.0 Å². The number of hydrogen-bond acceptors (Lipinski definition) is 4. The standard InChI is InChI=1S/C20H31F3N4O2/c1-15-4-5-17(18(10-15)29-14-20(21,22)23)12-26-19(24-3)25-11-16(2)13-27-6-8-28-9-7-27/h4-5,10,16H,6-9,11-14H2,1-3H3,(H2,24,25,26). The minimum Gasteiger partial charge on any atom is -0.484 e. The molecule has 0 aromatic heterocycles. The summed E-state index contributed by atoms with van der Waals surface area (Å²) in [6, 6.07) is 5.23. The van der Waals surface area contributed by atoms with Gasteiger partial charge in [-0.25, -0.2) is 0 Å². The molecule has 164 valence electrons. The van der Waals surface area contributed by atoms with Crippen LogP contribution in [0.25, 0.3) is 0 Å². The first-order valence-electron chi connectivity index (χ1n) is 9.80. The van der Waals surface area contributed by atoms with E-state index in [2.05, 4.69) is 27.4 Å². The Morgan fingerprint density at radius 3 is 2.66 bits per heavy atom. The minimum atomic E-state index is -4.37. The molecule has 0 spiro atoms. The Labute approximate surface area is 170 Å². The summed E-state index contributed by atoms with van der Waals surface area (Å²) in [5.41, 5.74) is 1.48. The van der Waals surface area contributed by atoms with Gasteiger partial charge in [0.05, 0.1) is 13.2 Å². The number of guanidine groups is 1. The molecule has 1 aromatic carbocycles. The molecule has 29 heavy (non-hydrogen) atoms. The van der Waals surface area contributed by atoms with E-state index in [1.807, 2.05) is 13.0 Å². The molecule has 1 heterocycles. The van der Waals surface area contributed by atoms with Crippen LogP contribution in [0.5, 0.6) is 5.75 Å². The molecule has 0 bridgehead atoms. The lowest BCUT2D eigenvalue weighted by atomic mass is 10.1. The Hall–Kier alpha value is -2.00. The average molecular weight is 416 g/mol. The van der Waals surface area contributed by atoms with Crippen LogP contribution >= 0.6 is 0 Å². The third kappa shape index (κ3) is 8.91. The van der Waals surface area contributed by atoms with Crippen LogP contribution in [0.1, 0.15) is 18.1 Å². The molecule has 1 aromatic rings. The van der Waals surface area contributed by atoms with E-state index in [9.17, 15) is 13.2 Å². The normalized spacial score (nSPS) is 17.1. The number of alkyl halides is 3. The number of aliphatic imine (C=N–C) groups is 1. The summed E-state index contributed by atoms with van der Waals surface area (Å²) in [4.78, 5) is 6.57. The molecule has 1 saturated heterocycles. The van der Waals surface area contributed by atoms with E-state index in [1.54, 1.807) is 19.2 Å². The molecule has 0 radical (unpaired) electrons. The largest absolute Gasteiger partial charge is 0.484 e. The summed E-state index contributed by atoms with van der Waals surface area (Å²) in [6.45, 7) is 8.14. The van der Waals surface area contributed by atoms with Crippen molar-refractivity contribution in [3.8, 4) is 5.75 Å². The summed E-state index contributed by atoms with van der Waals surface area (Å²) >= 11 is 0. The lowest BCUT2D eigenvalue weighted by Gasteiger charge is -2.29. The van der Waals surface area contributed by atoms with Crippen LogP contribution in [0.2, 0.25) is 0 Å². The van der Waals surface area contributed by atoms with Crippen LogP contribution in [0.15, 0.2) is 23.2 Å². The van der Waals surface area contributed by atoms with Gasteiger partial charge in [-0.2, -0.15) is 13.2 Å². The monoisotopic (exact) mass is 416 g/mol. The zero-order valence-corrected chi connectivity index (χ0v) is 17.3. The van der Waals surface area contributed by atoms with Gasteiger partial charge < -0.3 is 20.1 Å². The molecule has 0 saturated carbocycles. The second kappa shape index (κ2) is 11.3. The molecule has 1 atom stereocenters. The topological polar surface area (TPSA) is 58.1 Å². The van der Waals surface area contributed by atoms with Gasteiger partial charge in [0.25, 0.3) is 0 Å². The molecular weight excluding hydrogens is 385 g/mol. The van der Waals surface area contributed by atoms with Gasteiger partial charge in [0, 0.05) is 45.3 Å². The van der Waals surface area contributed by atoms with Crippen molar-refractivity contribution in [2.24, 2.45) is 10.9 Å². The van der Waals surface area contributed by atoms with Gasteiger partial charge in [0.1, 0.15) is 5.75 Å². The van der Waals surface area contributed by atoms with Crippen LogP contribution in [0, 0.1) is 12.8 Å². The minimum absolute atomic E-state index is 0.228. The first kappa shape index (κ1) is 23.3. The van der Waals surface area contributed by atoms with Crippen molar-refractivity contribution < 1.29 is 22.6 Å². The van der Waals surface area contributed by atoms with Crippen molar-refractivity contribution in [2.45, 2.75) is 26.6 Å². The zero-order chi connectivity index (χ0) is 21.3. The number of ether oxygens (including phenoxy) is 2. The number of hydrogen-bond donors (Lipinski definition) is 2. The Morgan fingerprint density at radius 1 is 1.28 bits per heavy atom. The predicted octanol–water partition coefficient (Wildman–Crippen LogP) is 2.57. The maximum atomic E-state index is 12.5. The molecule has 1 aliphatic heterocycles. The highest BCUT2D eigenvalue weighted by Gasteiger charge is 2.28. The second-order valence-corrected chi connectivity index (χ2v) is 7.34. The van der Waals surface area contributed by atoms with Gasteiger partial charge in [-0.1, -0.05) is 19.1 Å². The Bertz CT molecular complexity index is 662. The van der Waals surface area contributed by atoms with Gasteiger partial charge in [0.2, 0.25) is 0 Å². The molecule has 9 heteroatoms. The van der Waals surface area contributed by atoms with E-state index >= 15 is 0 Å². The molecule has 1 fully saturated rings. The van der Waals surface area contributed by atoms with Crippen LogP contribution in [-0.2, 0) is 11.3 Å². The molecule has 0 amide bonds. The molecule has 1 aliphatic rings. The zero-order valence-electron chi connectivity index (χ0n) is 17.3. The van der Waals surface area contributed by atoms with E-state index in [1.165, 1.54) is 0 Å². The summed E-state index contributed by atoms with van der Waals surface area (Å²) in [5, 5.41) is 6.42. The lowest BCUT2D eigenvalue weighted by molar-refractivity contribution is -0.153. The Morgan fingerprint density at radius 2 is 2.00 bits per heavy atom. The number of halogens is 3. The smallest absolute Gasteiger partial charge is 0.422 e. The molecule has 1 unspecified atom stereocenters. The van der Waals surface area contributed by atoms with Crippen LogP contribution < -0.4 is 15.4 Å². The summed E-state index contributed by atoms with van der Waals surface area (Å²) in [6.07, 6.45) is -4.37. The number of nitrogens with one attached hydrogen (secondary N) is 2. The first-order valence-corrected chi connectivity index (χ1v) is 9.80. The Balaban J connectivity index is 1.83. The third-order valence-corrected chi connectivity index (χ3v) is 4.58. The molecular formula is C20H31F3N4O2. The van der Waals surface area contributed by atoms with Crippen molar-refractivity contribution >= 4 is 5.96 Å². The van der Waals surface area contributed by atoms with Gasteiger partial charge in [-0.15, -0.1) is 0 Å². The fourth-order valence-electron chi connectivity index (χ4n) is 3.06. The fourth-order valence-corrected chi connectivity index (χ4v) is 3.06. The number of morpholine rings is 1. The molecule has 2 rings (SSSR count). The predicted molar refractivity (Wildman–Crippen MR) is 107 cm³/mol. The molecule has 0 aliphatic carbocycles. The van der Waals surface area contributed by atoms with Crippen LogP contribution in [0.3, 0.4) is 0 Å². The quantitative estimate of drug-likeness (QED) is 0.504. The van der Waals surface area contributed by atoms with Crippen molar-refractivity contribution in [3.63, 3.8) is 0 Å². The van der Waals surface area contributed by atoms with Crippen molar-refractivity contribution in [2.75, 3.05) is 53.0 Å². The number of aryl methyl sites for hydroxylation is 1. The highest BCUT2D eigenvalue weighted by Crippen LogP contribution is 2.23. The summed E-state index contributed by atoms with van der Waals surface area (Å²) < 4.78 is 47.9. The first-order chi connectivity index (χ1) is 13.8. The van der Waals surface area contributed by atoms with Gasteiger partial charge in [0.15, 0.2) is 12.6 Å². The van der Waals surface area contributed by atoms with Crippen molar-refractivity contribution in [3.05, 3.63) is 29.3 Å². The van der Waals surface area contributed by atoms with E-state index in [4.69, 9.17) is 9.47 Å². The van der Waals surface area contributed by atoms with Crippen LogP contribution in [-0.4, -0.2) is 70.1 Å². The van der Waals surface area contributed by atoms with Crippen molar-refractivity contribution in [1.29, 1.82) is 0 Å². The van der Waals surface area contributed by atoms with Gasteiger partial charge in [-0.05, 0) is 24.5 Å². The second-order valence-electron chi connectivity index (χ2n) is 7.34. The highest BCUT2D eigenvalue weighted by atomic mass is 19.4. The molecule has 2 N–H and O–H groups in total. The number of benzene rings is 1. The average Bonchev–Trinajstić information content (AvgIpc) is 2.67. The van der Waals surface area contributed by atoms with Gasteiger partial charge in [-0.3, -0.25) is 9.89 Å². The number of rotatable bonds is 8. The number of nitrogens with zero attached hydrogens (tertiary/aromatic N) is 2. The fraction of sp³-hybridized carbons (Fsp3) is 0.650. The summed E-state index contributed by atoms with van der Waals surface area (Å²) in [7, 11) is 1.66. The lowest BCUT2D eigenvalue weighted by Crippen LogP contribution is -2.43. The van der Waals surface area contributed by atoms with E-state index < -0.39 is 12.8 Å². The van der Waals surface area contributed by atoms with Gasteiger partial charge >= 0.3 is 6.18 Å². The van der Waals surface area contributed by atoms with E-state index in [-0.39, 0.29) is 5.75 Å². The third-order valence-electron chi connectivity index (χ3n) is 4.58. The SMILES string of the molecule is CN=C(NCc1ccc(C)cc1OCC(F)(F)F)NCC(C)CN1CCOCC1. The maximum Gasteiger partial charge on any atom is 0.422 e. The van der Waals surface area contributed by atoms with E-state index in [0.29, 0.717) is 24.0 Å². The molecule has 6 nitrogen and oxygen atoms in total. The maximum absolute atomic E-state index is 12.5. The van der Waals surface area contributed by atoms with Crippen molar-refractivity contribution in [1.82, 2.24) is 15.5 Å².